The number of aliphatic hydroxyl groups is 1. The van der Waals surface area contributed by atoms with Gasteiger partial charge in [0.1, 0.15) is 6.61 Å². The second-order valence-electron chi connectivity index (χ2n) is 3.58. The number of aliphatic hydroxyl groups excluding tert-OH is 1. The summed E-state index contributed by atoms with van der Waals surface area (Å²) in [7, 11) is 1.66. The molecule has 1 heterocycles. The van der Waals surface area contributed by atoms with Crippen molar-refractivity contribution < 1.29 is 19.3 Å². The van der Waals surface area contributed by atoms with Gasteiger partial charge >= 0.3 is 0 Å². The smallest absolute Gasteiger partial charge is 0.213 e. The summed E-state index contributed by atoms with van der Waals surface area (Å²) in [5.41, 5.74) is 0.600. The van der Waals surface area contributed by atoms with Gasteiger partial charge in [-0.25, -0.2) is 4.98 Å². The van der Waals surface area contributed by atoms with Gasteiger partial charge < -0.3 is 19.3 Å². The molecule has 0 bridgehead atoms. The molecule has 1 aromatic heterocycles. The average molecular weight is 276 g/mol. The van der Waals surface area contributed by atoms with Crippen LogP contribution in [0.3, 0.4) is 0 Å². The van der Waals surface area contributed by atoms with Crippen LogP contribution in [0, 0.1) is 0 Å². The van der Waals surface area contributed by atoms with Gasteiger partial charge in [0, 0.05) is 38.2 Å². The average Bonchev–Trinajstić information content (AvgIpc) is 2.39. The van der Waals surface area contributed by atoms with Crippen molar-refractivity contribution in [1.82, 2.24) is 4.98 Å². The molecule has 0 spiro atoms. The quantitative estimate of drug-likeness (QED) is 0.695. The predicted molar refractivity (Wildman–Crippen MR) is 68.0 cm³/mol. The molecular weight excluding hydrogens is 258 g/mol. The number of methoxy groups -OCH3 is 1. The molecule has 0 radical (unpaired) electrons. The van der Waals surface area contributed by atoms with Crippen molar-refractivity contribution in [3.05, 3.63) is 22.8 Å². The van der Waals surface area contributed by atoms with Crippen molar-refractivity contribution >= 4 is 11.6 Å². The second kappa shape index (κ2) is 9.10. The number of ether oxygens (including phenoxy) is 3. The molecule has 0 aliphatic heterocycles. The molecule has 102 valence electrons. The minimum Gasteiger partial charge on any atom is -0.475 e. The van der Waals surface area contributed by atoms with Crippen LogP contribution >= 0.6 is 11.6 Å². The zero-order valence-corrected chi connectivity index (χ0v) is 11.2. The Morgan fingerprint density at radius 2 is 2.11 bits per heavy atom. The molecule has 5 nitrogen and oxygen atoms in total. The molecule has 0 unspecified atom stereocenters. The summed E-state index contributed by atoms with van der Waals surface area (Å²) in [5, 5.41) is 9.46. The Kier molecular flexibility index (Phi) is 7.68. The fraction of sp³-hybridized carbons (Fsp3) is 0.583. The van der Waals surface area contributed by atoms with Crippen molar-refractivity contribution in [3.63, 3.8) is 0 Å². The first-order valence-corrected chi connectivity index (χ1v) is 6.10. The SMILES string of the molecule is COCCCOCCOc1cc(CO)c(Cl)cn1. The summed E-state index contributed by atoms with van der Waals surface area (Å²) in [4.78, 5) is 3.99. The van der Waals surface area contributed by atoms with E-state index in [-0.39, 0.29) is 6.61 Å². The summed E-state index contributed by atoms with van der Waals surface area (Å²) < 4.78 is 15.6. The van der Waals surface area contributed by atoms with Crippen LogP contribution in [-0.4, -0.2) is 43.6 Å². The van der Waals surface area contributed by atoms with Crippen LogP contribution < -0.4 is 4.74 Å². The molecule has 0 fully saturated rings. The second-order valence-corrected chi connectivity index (χ2v) is 3.99. The molecule has 1 N–H and O–H groups in total. The first-order chi connectivity index (χ1) is 8.77. The zero-order chi connectivity index (χ0) is 13.2. The number of aromatic nitrogens is 1. The van der Waals surface area contributed by atoms with Crippen molar-refractivity contribution in [1.29, 1.82) is 0 Å². The molecule has 1 rings (SSSR count). The molecule has 0 saturated carbocycles. The Morgan fingerprint density at radius 3 is 2.83 bits per heavy atom. The van der Waals surface area contributed by atoms with Crippen LogP contribution in [0.25, 0.3) is 0 Å². The van der Waals surface area contributed by atoms with Crippen LogP contribution in [0.4, 0.5) is 0 Å². The molecular formula is C12H18ClNO4. The van der Waals surface area contributed by atoms with Gasteiger partial charge in [-0.1, -0.05) is 11.6 Å². The molecule has 0 aliphatic carbocycles. The fourth-order valence-corrected chi connectivity index (χ4v) is 1.43. The van der Waals surface area contributed by atoms with Gasteiger partial charge in [-0.15, -0.1) is 0 Å². The number of rotatable bonds is 9. The predicted octanol–water partition coefficient (Wildman–Crippen LogP) is 1.66. The van der Waals surface area contributed by atoms with E-state index in [2.05, 4.69) is 4.98 Å². The standard InChI is InChI=1S/C12H18ClNO4/c1-16-3-2-4-17-5-6-18-12-7-10(9-15)11(13)8-14-12/h7-8,15H,2-6,9H2,1H3. The summed E-state index contributed by atoms with van der Waals surface area (Å²) in [5.74, 6) is 0.434. The number of pyridine rings is 1. The van der Waals surface area contributed by atoms with E-state index >= 15 is 0 Å². The minimum atomic E-state index is -0.134. The van der Waals surface area contributed by atoms with Gasteiger partial charge in [0.2, 0.25) is 5.88 Å². The lowest BCUT2D eigenvalue weighted by atomic mass is 10.3. The zero-order valence-electron chi connectivity index (χ0n) is 10.4. The normalized spacial score (nSPS) is 10.6. The van der Waals surface area contributed by atoms with Crippen LogP contribution in [0.1, 0.15) is 12.0 Å². The van der Waals surface area contributed by atoms with E-state index in [0.717, 1.165) is 6.42 Å². The van der Waals surface area contributed by atoms with Crippen LogP contribution in [0.15, 0.2) is 12.3 Å². The van der Waals surface area contributed by atoms with Crippen molar-refractivity contribution in [2.45, 2.75) is 13.0 Å². The summed E-state index contributed by atoms with van der Waals surface area (Å²) in [6.07, 6.45) is 2.33. The van der Waals surface area contributed by atoms with Gasteiger partial charge in [-0.3, -0.25) is 0 Å². The Bertz CT molecular complexity index is 349. The molecule has 0 atom stereocenters. The number of hydrogen-bond acceptors (Lipinski definition) is 5. The minimum absolute atomic E-state index is 0.134. The number of hydrogen-bond donors (Lipinski definition) is 1. The van der Waals surface area contributed by atoms with E-state index in [0.29, 0.717) is 42.9 Å². The van der Waals surface area contributed by atoms with Gasteiger partial charge in [0.15, 0.2) is 0 Å². The summed E-state index contributed by atoms with van der Waals surface area (Å²) >= 11 is 5.81. The maximum Gasteiger partial charge on any atom is 0.213 e. The van der Waals surface area contributed by atoms with Crippen LogP contribution in [0.5, 0.6) is 5.88 Å². The lowest BCUT2D eigenvalue weighted by Crippen LogP contribution is -2.09. The number of halogens is 1. The van der Waals surface area contributed by atoms with E-state index in [4.69, 9.17) is 30.9 Å². The maximum absolute atomic E-state index is 9.03. The monoisotopic (exact) mass is 275 g/mol. The molecule has 6 heteroatoms. The summed E-state index contributed by atoms with van der Waals surface area (Å²) in [6, 6.07) is 1.62. The van der Waals surface area contributed by atoms with E-state index in [1.165, 1.54) is 6.20 Å². The van der Waals surface area contributed by atoms with Gasteiger partial charge in [-0.05, 0) is 6.42 Å². The molecule has 1 aromatic rings. The van der Waals surface area contributed by atoms with Gasteiger partial charge in [-0.2, -0.15) is 0 Å². The highest BCUT2D eigenvalue weighted by Gasteiger charge is 2.03. The third kappa shape index (κ3) is 5.64. The van der Waals surface area contributed by atoms with Crippen molar-refractivity contribution in [3.8, 4) is 5.88 Å². The Morgan fingerprint density at radius 1 is 1.28 bits per heavy atom. The highest BCUT2D eigenvalue weighted by atomic mass is 35.5. The fourth-order valence-electron chi connectivity index (χ4n) is 1.27. The lowest BCUT2D eigenvalue weighted by Gasteiger charge is -2.08. The highest BCUT2D eigenvalue weighted by Crippen LogP contribution is 2.18. The third-order valence-electron chi connectivity index (χ3n) is 2.19. The Hall–Kier alpha value is -0.880. The highest BCUT2D eigenvalue weighted by molar-refractivity contribution is 6.31. The van der Waals surface area contributed by atoms with Gasteiger partial charge in [0.05, 0.1) is 18.2 Å². The molecule has 0 aliphatic rings. The number of nitrogens with zero attached hydrogens (tertiary/aromatic N) is 1. The van der Waals surface area contributed by atoms with E-state index in [9.17, 15) is 0 Å². The maximum atomic E-state index is 9.03. The third-order valence-corrected chi connectivity index (χ3v) is 2.54. The van der Waals surface area contributed by atoms with E-state index in [1.54, 1.807) is 13.2 Å². The van der Waals surface area contributed by atoms with Crippen LogP contribution in [-0.2, 0) is 16.1 Å². The van der Waals surface area contributed by atoms with Crippen LogP contribution in [0.2, 0.25) is 5.02 Å². The molecule has 18 heavy (non-hydrogen) atoms. The molecule has 0 aromatic carbocycles. The first kappa shape index (κ1) is 15.2. The van der Waals surface area contributed by atoms with E-state index in [1.807, 2.05) is 0 Å². The topological polar surface area (TPSA) is 60.8 Å². The molecule has 0 saturated heterocycles. The first-order valence-electron chi connectivity index (χ1n) is 5.72. The van der Waals surface area contributed by atoms with Crippen molar-refractivity contribution in [2.24, 2.45) is 0 Å². The van der Waals surface area contributed by atoms with Crippen molar-refractivity contribution in [2.75, 3.05) is 33.5 Å². The molecule has 0 amide bonds. The Labute approximate surface area is 112 Å². The summed E-state index contributed by atoms with van der Waals surface area (Å²) in [6.45, 7) is 2.10. The lowest BCUT2D eigenvalue weighted by molar-refractivity contribution is 0.0795. The van der Waals surface area contributed by atoms with Gasteiger partial charge in [0.25, 0.3) is 0 Å². The largest absolute Gasteiger partial charge is 0.475 e. The van der Waals surface area contributed by atoms with E-state index < -0.39 is 0 Å². The Balaban J connectivity index is 2.19.